The molecular weight excluding hydrogens is 504 g/mol. The zero-order chi connectivity index (χ0) is 28.5. The number of carbonyl (C=O) groups is 3. The first-order valence-corrected chi connectivity index (χ1v) is 12.6. The molecule has 0 spiro atoms. The Hall–Kier alpha value is -4.52. The Morgan fingerprint density at radius 1 is 1.15 bits per heavy atom. The highest BCUT2D eigenvalue weighted by molar-refractivity contribution is 6.05. The number of nitro groups is 1. The molecule has 13 heteroatoms. The fourth-order valence-corrected chi connectivity index (χ4v) is 4.49. The highest BCUT2D eigenvalue weighted by atomic mass is 16.6. The van der Waals surface area contributed by atoms with E-state index in [0.717, 1.165) is 5.56 Å². The van der Waals surface area contributed by atoms with E-state index in [0.29, 0.717) is 43.7 Å². The second-order valence-corrected chi connectivity index (χ2v) is 9.28. The fourth-order valence-electron chi connectivity index (χ4n) is 4.49. The number of amides is 3. The number of rotatable bonds is 11. The van der Waals surface area contributed by atoms with Gasteiger partial charge < -0.3 is 27.0 Å². The summed E-state index contributed by atoms with van der Waals surface area (Å²) in [4.78, 5) is 53.2. The SMILES string of the molecule is Cc1ccc(N(C(=O)[C@H](CCCNC(=N)N)NC(=O)[C@@H]2CCCN2C(=O)CN)c2ccc([N+](=O)[O-])cc2)cc1. The number of aryl methyl sites for hydroxylation is 1. The first kappa shape index (κ1) is 29.0. The number of carbonyl (C=O) groups excluding carboxylic acids is 3. The van der Waals surface area contributed by atoms with Gasteiger partial charge in [0, 0.05) is 36.6 Å². The van der Waals surface area contributed by atoms with Crippen molar-refractivity contribution >= 4 is 40.7 Å². The van der Waals surface area contributed by atoms with Crippen molar-refractivity contribution in [1.29, 1.82) is 5.41 Å². The van der Waals surface area contributed by atoms with Gasteiger partial charge in [-0.25, -0.2) is 0 Å². The molecule has 2 atom stereocenters. The van der Waals surface area contributed by atoms with Gasteiger partial charge in [-0.3, -0.25) is 34.8 Å². The number of nitrogens with zero attached hydrogens (tertiary/aromatic N) is 3. The molecule has 3 amide bonds. The van der Waals surface area contributed by atoms with Crippen LogP contribution in [0.4, 0.5) is 17.1 Å². The number of guanidine groups is 1. The average Bonchev–Trinajstić information content (AvgIpc) is 3.41. The van der Waals surface area contributed by atoms with Crippen molar-refractivity contribution in [2.45, 2.75) is 44.7 Å². The van der Waals surface area contributed by atoms with Gasteiger partial charge in [-0.15, -0.1) is 0 Å². The van der Waals surface area contributed by atoms with E-state index in [1.807, 2.05) is 19.1 Å². The topological polar surface area (TPSA) is 201 Å². The van der Waals surface area contributed by atoms with Crippen molar-refractivity contribution in [3.63, 3.8) is 0 Å². The second-order valence-electron chi connectivity index (χ2n) is 9.28. The van der Waals surface area contributed by atoms with E-state index in [-0.39, 0.29) is 30.5 Å². The zero-order valence-electron chi connectivity index (χ0n) is 21.8. The molecule has 2 aromatic rings. The highest BCUT2D eigenvalue weighted by Crippen LogP contribution is 2.29. The summed E-state index contributed by atoms with van der Waals surface area (Å²) >= 11 is 0. The van der Waals surface area contributed by atoms with Gasteiger partial charge in [0.1, 0.15) is 12.1 Å². The average molecular weight is 539 g/mol. The van der Waals surface area contributed by atoms with Crippen LogP contribution in [0, 0.1) is 22.4 Å². The maximum atomic E-state index is 14.1. The van der Waals surface area contributed by atoms with Gasteiger partial charge in [-0.1, -0.05) is 17.7 Å². The molecule has 1 saturated heterocycles. The van der Waals surface area contributed by atoms with E-state index in [4.69, 9.17) is 16.9 Å². The second kappa shape index (κ2) is 13.3. The molecule has 0 unspecified atom stereocenters. The standard InChI is InChI=1S/C26H34N8O5/c1-17-6-8-18(9-7-17)33(19-10-12-20(13-11-19)34(38)39)25(37)21(4-2-14-30-26(28)29)31-24(36)22-5-3-15-32(22)23(35)16-27/h6-13,21-22H,2-5,14-16,27H2,1H3,(H,31,36)(H4,28,29,30)/t21-,22-/m0/s1. The summed E-state index contributed by atoms with van der Waals surface area (Å²) < 4.78 is 0. The molecule has 1 aliphatic heterocycles. The summed E-state index contributed by atoms with van der Waals surface area (Å²) in [5, 5.41) is 24.1. The molecule has 0 bridgehead atoms. The van der Waals surface area contributed by atoms with E-state index in [1.54, 1.807) is 12.1 Å². The fraction of sp³-hybridized carbons (Fsp3) is 0.385. The lowest BCUT2D eigenvalue weighted by atomic mass is 10.1. The zero-order valence-corrected chi connectivity index (χ0v) is 21.8. The molecule has 0 aromatic heterocycles. The Labute approximate surface area is 226 Å². The molecule has 1 heterocycles. The van der Waals surface area contributed by atoms with Gasteiger partial charge in [0.05, 0.1) is 11.5 Å². The normalized spacial score (nSPS) is 15.3. The molecule has 2 aromatic carbocycles. The van der Waals surface area contributed by atoms with Crippen molar-refractivity contribution in [2.24, 2.45) is 11.5 Å². The number of anilines is 2. The number of nitrogens with two attached hydrogens (primary N) is 2. The van der Waals surface area contributed by atoms with Crippen molar-refractivity contribution in [1.82, 2.24) is 15.5 Å². The van der Waals surface area contributed by atoms with E-state index in [9.17, 15) is 24.5 Å². The van der Waals surface area contributed by atoms with Crippen molar-refractivity contribution < 1.29 is 19.3 Å². The Kier molecular flexibility index (Phi) is 9.92. The molecule has 1 fully saturated rings. The smallest absolute Gasteiger partial charge is 0.269 e. The van der Waals surface area contributed by atoms with Crippen LogP contribution in [-0.4, -0.2) is 65.2 Å². The van der Waals surface area contributed by atoms with Gasteiger partial charge in [0.15, 0.2) is 5.96 Å². The van der Waals surface area contributed by atoms with Crippen LogP contribution < -0.4 is 27.0 Å². The molecule has 208 valence electrons. The van der Waals surface area contributed by atoms with Crippen LogP contribution in [-0.2, 0) is 14.4 Å². The Balaban J connectivity index is 1.94. The number of hydrogen-bond donors (Lipinski definition) is 5. The molecule has 0 aliphatic carbocycles. The van der Waals surface area contributed by atoms with E-state index in [2.05, 4.69) is 10.6 Å². The summed E-state index contributed by atoms with van der Waals surface area (Å²) in [6.45, 7) is 2.40. The summed E-state index contributed by atoms with van der Waals surface area (Å²) in [5.41, 5.74) is 12.6. The first-order chi connectivity index (χ1) is 18.6. The molecule has 39 heavy (non-hydrogen) atoms. The minimum Gasteiger partial charge on any atom is -0.370 e. The number of hydrogen-bond acceptors (Lipinski definition) is 7. The number of likely N-dealkylation sites (tertiary alicyclic amines) is 1. The van der Waals surface area contributed by atoms with Crippen molar-refractivity contribution in [2.75, 3.05) is 24.5 Å². The van der Waals surface area contributed by atoms with Crippen LogP contribution in [0.25, 0.3) is 0 Å². The minimum atomic E-state index is -1.00. The lowest BCUT2D eigenvalue weighted by Crippen LogP contribution is -2.54. The largest absolute Gasteiger partial charge is 0.370 e. The third-order valence-corrected chi connectivity index (χ3v) is 6.48. The van der Waals surface area contributed by atoms with Gasteiger partial charge in [0.25, 0.3) is 11.6 Å². The predicted octanol–water partition coefficient (Wildman–Crippen LogP) is 1.27. The summed E-state index contributed by atoms with van der Waals surface area (Å²) in [7, 11) is 0. The summed E-state index contributed by atoms with van der Waals surface area (Å²) in [6.07, 6.45) is 1.70. The monoisotopic (exact) mass is 538 g/mol. The molecular formula is C26H34N8O5. The van der Waals surface area contributed by atoms with E-state index < -0.39 is 28.8 Å². The molecule has 3 rings (SSSR count). The van der Waals surface area contributed by atoms with E-state index >= 15 is 0 Å². The van der Waals surface area contributed by atoms with Crippen LogP contribution in [0.15, 0.2) is 48.5 Å². The number of nitrogens with one attached hydrogen (secondary N) is 3. The maximum Gasteiger partial charge on any atom is 0.269 e. The Bertz CT molecular complexity index is 1200. The molecule has 7 N–H and O–H groups in total. The Morgan fingerprint density at radius 2 is 1.77 bits per heavy atom. The maximum absolute atomic E-state index is 14.1. The van der Waals surface area contributed by atoms with Crippen molar-refractivity contribution in [3.8, 4) is 0 Å². The highest BCUT2D eigenvalue weighted by Gasteiger charge is 2.36. The lowest BCUT2D eigenvalue weighted by Gasteiger charge is -2.30. The number of benzene rings is 2. The van der Waals surface area contributed by atoms with Crippen LogP contribution in [0.3, 0.4) is 0 Å². The molecule has 0 radical (unpaired) electrons. The minimum absolute atomic E-state index is 0.124. The van der Waals surface area contributed by atoms with Gasteiger partial charge >= 0.3 is 0 Å². The lowest BCUT2D eigenvalue weighted by molar-refractivity contribution is -0.384. The third kappa shape index (κ3) is 7.51. The van der Waals surface area contributed by atoms with Crippen LogP contribution in [0.1, 0.15) is 31.2 Å². The van der Waals surface area contributed by atoms with Crippen LogP contribution in [0.5, 0.6) is 0 Å². The predicted molar refractivity (Wildman–Crippen MR) is 146 cm³/mol. The molecule has 1 aliphatic rings. The van der Waals surface area contributed by atoms with Crippen molar-refractivity contribution in [3.05, 3.63) is 64.2 Å². The number of nitro benzene ring substituents is 1. The third-order valence-electron chi connectivity index (χ3n) is 6.48. The summed E-state index contributed by atoms with van der Waals surface area (Å²) in [5.74, 6) is -1.47. The van der Waals surface area contributed by atoms with Gasteiger partial charge in [-0.2, -0.15) is 0 Å². The molecule has 0 saturated carbocycles. The number of non-ortho nitro benzene ring substituents is 1. The van der Waals surface area contributed by atoms with Crippen LogP contribution in [0.2, 0.25) is 0 Å². The van der Waals surface area contributed by atoms with Gasteiger partial charge in [0.2, 0.25) is 11.8 Å². The van der Waals surface area contributed by atoms with Gasteiger partial charge in [-0.05, 0) is 56.9 Å². The van der Waals surface area contributed by atoms with E-state index in [1.165, 1.54) is 34.1 Å². The molecule has 13 nitrogen and oxygen atoms in total. The van der Waals surface area contributed by atoms with Crippen LogP contribution >= 0.6 is 0 Å². The first-order valence-electron chi connectivity index (χ1n) is 12.6. The summed E-state index contributed by atoms with van der Waals surface area (Å²) in [6, 6.07) is 11.0. The quantitative estimate of drug-likeness (QED) is 0.0925. The Morgan fingerprint density at radius 3 is 2.33 bits per heavy atom.